The average molecular weight is 383 g/mol. The first kappa shape index (κ1) is 18.9. The second-order valence-electron chi connectivity index (χ2n) is 7.02. The molecule has 2 saturated heterocycles. The Kier molecular flexibility index (Phi) is 5.67. The molecule has 144 valence electrons. The molecule has 2 aliphatic rings. The first-order chi connectivity index (χ1) is 12.3. The van der Waals surface area contributed by atoms with Crippen LogP contribution < -0.4 is 5.32 Å². The van der Waals surface area contributed by atoms with E-state index < -0.39 is 10.0 Å². The highest BCUT2D eigenvalue weighted by atomic mass is 32.2. The maximum absolute atomic E-state index is 12.5. The molecule has 9 heteroatoms. The molecular weight excluding hydrogens is 358 g/mol. The molecule has 1 N–H and O–H groups in total. The Bertz CT molecular complexity index is 730. The van der Waals surface area contributed by atoms with Crippen molar-refractivity contribution in [2.24, 2.45) is 5.92 Å². The van der Waals surface area contributed by atoms with Gasteiger partial charge in [-0.3, -0.25) is 9.59 Å². The van der Waals surface area contributed by atoms with E-state index in [-0.39, 0.29) is 23.8 Å². The Labute approximate surface area is 153 Å². The fraction of sp³-hybridized carbons (Fsp3) is 0.647. The van der Waals surface area contributed by atoms with Crippen molar-refractivity contribution in [3.8, 4) is 0 Å². The van der Waals surface area contributed by atoms with E-state index in [0.717, 1.165) is 12.8 Å². The predicted molar refractivity (Wildman–Crippen MR) is 94.9 cm³/mol. The molecule has 26 heavy (non-hydrogen) atoms. The van der Waals surface area contributed by atoms with Crippen molar-refractivity contribution in [2.75, 3.05) is 32.4 Å². The highest BCUT2D eigenvalue weighted by Crippen LogP contribution is 2.21. The number of amides is 2. The molecule has 0 radical (unpaired) electrons. The summed E-state index contributed by atoms with van der Waals surface area (Å²) in [6, 6.07) is 1.71. The van der Waals surface area contributed by atoms with E-state index in [4.69, 9.17) is 4.42 Å². The van der Waals surface area contributed by atoms with Crippen LogP contribution in [-0.2, 0) is 14.8 Å². The van der Waals surface area contributed by atoms with Crippen molar-refractivity contribution in [1.29, 1.82) is 0 Å². The molecule has 0 unspecified atom stereocenters. The van der Waals surface area contributed by atoms with Gasteiger partial charge in [0.2, 0.25) is 15.9 Å². The van der Waals surface area contributed by atoms with Crippen molar-refractivity contribution in [1.82, 2.24) is 14.5 Å². The summed E-state index contributed by atoms with van der Waals surface area (Å²) in [4.78, 5) is 26.5. The van der Waals surface area contributed by atoms with Crippen LogP contribution in [0.4, 0.5) is 0 Å². The van der Waals surface area contributed by atoms with Crippen LogP contribution in [0.3, 0.4) is 0 Å². The van der Waals surface area contributed by atoms with E-state index in [2.05, 4.69) is 5.32 Å². The van der Waals surface area contributed by atoms with Crippen LogP contribution in [0.5, 0.6) is 0 Å². The summed E-state index contributed by atoms with van der Waals surface area (Å²) < 4.78 is 29.5. The molecule has 0 bridgehead atoms. The quantitative estimate of drug-likeness (QED) is 0.824. The molecule has 0 spiro atoms. The standard InChI is InChI=1S/C17H25N3O5S/c1-26(23,24)20-9-2-13(3-10-20)16(21)18-15-4-7-19(8-5-15)17(22)14-6-11-25-12-14/h6,11-13,15H,2-5,7-10H2,1H3,(H,18,21). The van der Waals surface area contributed by atoms with E-state index in [9.17, 15) is 18.0 Å². The van der Waals surface area contributed by atoms with Crippen molar-refractivity contribution >= 4 is 21.8 Å². The maximum atomic E-state index is 12.5. The first-order valence-electron chi connectivity index (χ1n) is 8.91. The summed E-state index contributed by atoms with van der Waals surface area (Å²) in [5.41, 5.74) is 0.546. The molecule has 0 atom stereocenters. The summed E-state index contributed by atoms with van der Waals surface area (Å²) >= 11 is 0. The van der Waals surface area contributed by atoms with Crippen LogP contribution in [0, 0.1) is 5.92 Å². The molecule has 8 nitrogen and oxygen atoms in total. The zero-order valence-electron chi connectivity index (χ0n) is 14.9. The number of carbonyl (C=O) groups excluding carboxylic acids is 2. The van der Waals surface area contributed by atoms with Crippen molar-refractivity contribution < 1.29 is 22.4 Å². The van der Waals surface area contributed by atoms with Crippen molar-refractivity contribution in [2.45, 2.75) is 31.7 Å². The third-order valence-electron chi connectivity index (χ3n) is 5.19. The van der Waals surface area contributed by atoms with Gasteiger partial charge in [-0.2, -0.15) is 0 Å². The largest absolute Gasteiger partial charge is 0.472 e. The molecule has 1 aromatic heterocycles. The number of furan rings is 1. The zero-order chi connectivity index (χ0) is 18.7. The lowest BCUT2D eigenvalue weighted by Crippen LogP contribution is -2.49. The summed E-state index contributed by atoms with van der Waals surface area (Å²) in [6.45, 7) is 1.99. The minimum Gasteiger partial charge on any atom is -0.472 e. The lowest BCUT2D eigenvalue weighted by Gasteiger charge is -2.34. The Morgan fingerprint density at radius 3 is 2.31 bits per heavy atom. The monoisotopic (exact) mass is 383 g/mol. The van der Waals surface area contributed by atoms with Crippen molar-refractivity contribution in [3.05, 3.63) is 24.2 Å². The molecule has 0 aromatic carbocycles. The summed E-state index contributed by atoms with van der Waals surface area (Å²) in [5, 5.41) is 3.07. The van der Waals surface area contributed by atoms with E-state index in [1.54, 1.807) is 11.0 Å². The van der Waals surface area contributed by atoms with Gasteiger partial charge in [0.1, 0.15) is 6.26 Å². The molecule has 2 fully saturated rings. The topological polar surface area (TPSA) is 99.9 Å². The van der Waals surface area contributed by atoms with Gasteiger partial charge >= 0.3 is 0 Å². The number of likely N-dealkylation sites (tertiary alicyclic amines) is 1. The molecule has 1 aromatic rings. The first-order valence-corrected chi connectivity index (χ1v) is 10.8. The minimum atomic E-state index is -3.18. The van der Waals surface area contributed by atoms with Crippen LogP contribution in [0.2, 0.25) is 0 Å². The molecule has 0 aliphatic carbocycles. The number of carbonyl (C=O) groups is 2. The summed E-state index contributed by atoms with van der Waals surface area (Å²) in [5.74, 6) is -0.187. The maximum Gasteiger partial charge on any atom is 0.257 e. The Balaban J connectivity index is 1.43. The number of hydrogen-bond donors (Lipinski definition) is 1. The normalized spacial score (nSPS) is 20.9. The lowest BCUT2D eigenvalue weighted by molar-refractivity contribution is -0.127. The van der Waals surface area contributed by atoms with Gasteiger partial charge in [0.25, 0.3) is 5.91 Å². The van der Waals surface area contributed by atoms with Gasteiger partial charge in [-0.1, -0.05) is 0 Å². The lowest BCUT2D eigenvalue weighted by atomic mass is 9.95. The highest BCUT2D eigenvalue weighted by Gasteiger charge is 2.31. The number of hydrogen-bond acceptors (Lipinski definition) is 5. The van der Waals surface area contributed by atoms with Crippen LogP contribution in [0.15, 0.2) is 23.0 Å². The molecular formula is C17H25N3O5S. The summed E-state index contributed by atoms with van der Waals surface area (Å²) in [6.07, 6.45) is 6.67. The molecule has 3 heterocycles. The number of piperidine rings is 2. The van der Waals surface area contributed by atoms with E-state index in [1.165, 1.54) is 23.1 Å². The second-order valence-corrected chi connectivity index (χ2v) is 9.01. The van der Waals surface area contributed by atoms with Gasteiger partial charge in [-0.05, 0) is 31.7 Å². The van der Waals surface area contributed by atoms with Gasteiger partial charge in [-0.25, -0.2) is 12.7 Å². The van der Waals surface area contributed by atoms with Gasteiger partial charge < -0.3 is 14.6 Å². The Hall–Kier alpha value is -1.87. The van der Waals surface area contributed by atoms with E-state index in [1.807, 2.05) is 0 Å². The number of rotatable bonds is 4. The molecule has 2 aliphatic heterocycles. The van der Waals surface area contributed by atoms with Crippen LogP contribution in [-0.4, -0.2) is 67.9 Å². The van der Waals surface area contributed by atoms with Gasteiger partial charge in [0.05, 0.1) is 18.1 Å². The van der Waals surface area contributed by atoms with Gasteiger partial charge in [0, 0.05) is 38.1 Å². The average Bonchev–Trinajstić information content (AvgIpc) is 3.16. The number of nitrogens with zero attached hydrogens (tertiary/aromatic N) is 2. The third kappa shape index (κ3) is 4.45. The minimum absolute atomic E-state index is 0.00207. The van der Waals surface area contributed by atoms with Crippen molar-refractivity contribution in [3.63, 3.8) is 0 Å². The zero-order valence-corrected chi connectivity index (χ0v) is 15.7. The highest BCUT2D eigenvalue weighted by molar-refractivity contribution is 7.88. The smallest absolute Gasteiger partial charge is 0.257 e. The Morgan fingerprint density at radius 2 is 1.77 bits per heavy atom. The summed E-state index contributed by atoms with van der Waals surface area (Å²) in [7, 11) is -3.18. The fourth-order valence-corrected chi connectivity index (χ4v) is 4.44. The number of nitrogens with one attached hydrogen (secondary N) is 1. The Morgan fingerprint density at radius 1 is 1.12 bits per heavy atom. The van der Waals surface area contributed by atoms with E-state index >= 15 is 0 Å². The molecule has 3 rings (SSSR count). The molecule has 0 saturated carbocycles. The predicted octanol–water partition coefficient (Wildman–Crippen LogP) is 0.672. The van der Waals surface area contributed by atoms with E-state index in [0.29, 0.717) is 44.6 Å². The van der Waals surface area contributed by atoms with Gasteiger partial charge in [0.15, 0.2) is 0 Å². The van der Waals surface area contributed by atoms with Crippen LogP contribution in [0.25, 0.3) is 0 Å². The second kappa shape index (κ2) is 7.79. The van der Waals surface area contributed by atoms with Crippen LogP contribution in [0.1, 0.15) is 36.0 Å². The number of sulfonamides is 1. The van der Waals surface area contributed by atoms with Gasteiger partial charge in [-0.15, -0.1) is 0 Å². The third-order valence-corrected chi connectivity index (χ3v) is 6.49. The van der Waals surface area contributed by atoms with Crippen LogP contribution >= 0.6 is 0 Å². The fourth-order valence-electron chi connectivity index (χ4n) is 3.56. The molecule has 2 amide bonds. The SMILES string of the molecule is CS(=O)(=O)N1CCC(C(=O)NC2CCN(C(=O)c3ccoc3)CC2)CC1.